The number of nitrogens with two attached hydrogens (primary N) is 1. The van der Waals surface area contributed by atoms with E-state index in [9.17, 15) is 9.59 Å². The number of aliphatic carboxylic acids is 1. The molecular weight excluding hydrogens is 236 g/mol. The van der Waals surface area contributed by atoms with Gasteiger partial charge in [0.15, 0.2) is 0 Å². The molecule has 6 nitrogen and oxygen atoms in total. The highest BCUT2D eigenvalue weighted by atomic mass is 16.6. The molecule has 18 heavy (non-hydrogen) atoms. The molecule has 0 aromatic heterocycles. The lowest BCUT2D eigenvalue weighted by atomic mass is 10.1. The average Bonchev–Trinajstić information content (AvgIpc) is 2.19. The first-order valence-corrected chi connectivity index (χ1v) is 6.18. The second-order valence-corrected chi connectivity index (χ2v) is 5.18. The van der Waals surface area contributed by atoms with Gasteiger partial charge in [0.1, 0.15) is 11.6 Å². The number of alkyl carbamates (subject to hydrolysis) is 1. The number of rotatable bonds is 7. The summed E-state index contributed by atoms with van der Waals surface area (Å²) in [5.74, 6) is -1.05. The van der Waals surface area contributed by atoms with Crippen LogP contribution in [-0.2, 0) is 9.53 Å². The smallest absolute Gasteiger partial charge is 0.408 e. The minimum absolute atomic E-state index is 0.384. The Bertz CT molecular complexity index is 274. The van der Waals surface area contributed by atoms with E-state index in [4.69, 9.17) is 15.6 Å². The molecule has 4 N–H and O–H groups in total. The van der Waals surface area contributed by atoms with Gasteiger partial charge in [0.25, 0.3) is 0 Å². The first kappa shape index (κ1) is 16.7. The maximum absolute atomic E-state index is 11.4. The Labute approximate surface area is 108 Å². The van der Waals surface area contributed by atoms with Gasteiger partial charge < -0.3 is 20.9 Å². The van der Waals surface area contributed by atoms with Crippen LogP contribution in [0.25, 0.3) is 0 Å². The van der Waals surface area contributed by atoms with Gasteiger partial charge in [-0.05, 0) is 40.2 Å². The van der Waals surface area contributed by atoms with Crippen molar-refractivity contribution in [3.05, 3.63) is 0 Å². The molecule has 0 rings (SSSR count). The normalized spacial score (nSPS) is 12.9. The van der Waals surface area contributed by atoms with Crippen molar-refractivity contribution >= 4 is 12.1 Å². The zero-order chi connectivity index (χ0) is 14.2. The largest absolute Gasteiger partial charge is 0.480 e. The van der Waals surface area contributed by atoms with Gasteiger partial charge in [-0.2, -0.15) is 0 Å². The van der Waals surface area contributed by atoms with Gasteiger partial charge in [-0.25, -0.2) is 9.59 Å². The number of carboxylic acid groups (broad SMARTS) is 1. The molecule has 0 heterocycles. The summed E-state index contributed by atoms with van der Waals surface area (Å²) in [6, 6.07) is -0.905. The van der Waals surface area contributed by atoms with Gasteiger partial charge in [-0.3, -0.25) is 0 Å². The Kier molecular flexibility index (Phi) is 7.35. The van der Waals surface area contributed by atoms with Crippen molar-refractivity contribution < 1.29 is 19.4 Å². The molecule has 0 aliphatic carbocycles. The highest BCUT2D eigenvalue weighted by Gasteiger charge is 2.23. The number of carbonyl (C=O) groups is 2. The lowest BCUT2D eigenvalue weighted by molar-refractivity contribution is -0.139. The van der Waals surface area contributed by atoms with E-state index in [2.05, 4.69) is 5.32 Å². The summed E-state index contributed by atoms with van der Waals surface area (Å²) >= 11 is 0. The molecule has 0 radical (unpaired) electrons. The summed E-state index contributed by atoms with van der Waals surface area (Å²) in [6.07, 6.45) is 2.11. The van der Waals surface area contributed by atoms with Crippen LogP contribution in [0.5, 0.6) is 0 Å². The first-order chi connectivity index (χ1) is 8.26. The molecule has 1 amide bonds. The molecular formula is C12H24N2O4. The van der Waals surface area contributed by atoms with E-state index in [0.717, 1.165) is 12.8 Å². The van der Waals surface area contributed by atoms with Crippen LogP contribution >= 0.6 is 0 Å². The Morgan fingerprint density at radius 2 is 1.89 bits per heavy atom. The summed E-state index contributed by atoms with van der Waals surface area (Å²) in [7, 11) is 0. The lowest BCUT2D eigenvalue weighted by Crippen LogP contribution is -2.43. The average molecular weight is 260 g/mol. The van der Waals surface area contributed by atoms with E-state index in [1.165, 1.54) is 0 Å². The third-order valence-electron chi connectivity index (χ3n) is 2.19. The van der Waals surface area contributed by atoms with Gasteiger partial charge >= 0.3 is 12.1 Å². The van der Waals surface area contributed by atoms with Crippen molar-refractivity contribution in [1.82, 2.24) is 5.32 Å². The molecule has 106 valence electrons. The highest BCUT2D eigenvalue weighted by molar-refractivity contribution is 5.79. The molecule has 0 saturated carbocycles. The Morgan fingerprint density at radius 1 is 1.28 bits per heavy atom. The van der Waals surface area contributed by atoms with Crippen LogP contribution in [-0.4, -0.2) is 35.4 Å². The standard InChI is InChI=1S/C12H24N2O4/c1-12(2,3)18-11(17)14-9(10(15)16)7-5-4-6-8-13/h9H,4-8,13H2,1-3H3,(H,14,17)(H,15,16)/t9-/m1/s1. The molecule has 0 aliphatic rings. The number of carbonyl (C=O) groups excluding carboxylic acids is 1. The first-order valence-electron chi connectivity index (χ1n) is 6.18. The predicted octanol–water partition coefficient (Wildman–Crippen LogP) is 1.48. The summed E-state index contributed by atoms with van der Waals surface area (Å²) in [5.41, 5.74) is 4.72. The van der Waals surface area contributed by atoms with Crippen LogP contribution < -0.4 is 11.1 Å². The molecule has 0 aliphatic heterocycles. The summed E-state index contributed by atoms with van der Waals surface area (Å²) < 4.78 is 5.01. The minimum Gasteiger partial charge on any atom is -0.480 e. The van der Waals surface area contributed by atoms with Gasteiger partial charge in [-0.15, -0.1) is 0 Å². The number of carboxylic acids is 1. The molecule has 1 atom stereocenters. The molecule has 0 bridgehead atoms. The maximum Gasteiger partial charge on any atom is 0.408 e. The van der Waals surface area contributed by atoms with Crippen molar-refractivity contribution in [2.24, 2.45) is 5.73 Å². The molecule has 0 unspecified atom stereocenters. The Morgan fingerprint density at radius 3 is 2.33 bits per heavy atom. The number of ether oxygens (including phenoxy) is 1. The number of hydrogen-bond acceptors (Lipinski definition) is 4. The van der Waals surface area contributed by atoms with E-state index in [1.54, 1.807) is 20.8 Å². The fourth-order valence-electron chi connectivity index (χ4n) is 1.38. The van der Waals surface area contributed by atoms with E-state index in [0.29, 0.717) is 19.4 Å². The quantitative estimate of drug-likeness (QED) is 0.602. The zero-order valence-electron chi connectivity index (χ0n) is 11.4. The predicted molar refractivity (Wildman–Crippen MR) is 68.3 cm³/mol. The molecule has 0 aromatic rings. The van der Waals surface area contributed by atoms with Gasteiger partial charge in [0.05, 0.1) is 0 Å². The van der Waals surface area contributed by atoms with Crippen LogP contribution in [0.15, 0.2) is 0 Å². The van der Waals surface area contributed by atoms with Gasteiger partial charge in [0.2, 0.25) is 0 Å². The summed E-state index contributed by atoms with van der Waals surface area (Å²) in [5, 5.41) is 11.3. The van der Waals surface area contributed by atoms with Crippen LogP contribution in [0.1, 0.15) is 46.5 Å². The Balaban J connectivity index is 4.11. The number of unbranched alkanes of at least 4 members (excludes halogenated alkanes) is 2. The van der Waals surface area contributed by atoms with E-state index < -0.39 is 23.7 Å². The van der Waals surface area contributed by atoms with E-state index in [1.807, 2.05) is 0 Å². The number of amides is 1. The molecule has 0 spiro atoms. The minimum atomic E-state index is -1.05. The Hall–Kier alpha value is -1.30. The highest BCUT2D eigenvalue weighted by Crippen LogP contribution is 2.08. The fraction of sp³-hybridized carbons (Fsp3) is 0.833. The van der Waals surface area contributed by atoms with Crippen molar-refractivity contribution in [3.63, 3.8) is 0 Å². The molecule has 0 saturated heterocycles. The SMILES string of the molecule is CC(C)(C)OC(=O)N[C@H](CCCCCN)C(=O)O. The maximum atomic E-state index is 11.4. The third kappa shape index (κ3) is 8.81. The summed E-state index contributed by atoms with van der Waals surface area (Å²) in [4.78, 5) is 22.4. The van der Waals surface area contributed by atoms with Crippen molar-refractivity contribution in [3.8, 4) is 0 Å². The van der Waals surface area contributed by atoms with Gasteiger partial charge in [-0.1, -0.05) is 12.8 Å². The third-order valence-corrected chi connectivity index (χ3v) is 2.19. The van der Waals surface area contributed by atoms with E-state index >= 15 is 0 Å². The van der Waals surface area contributed by atoms with Crippen molar-refractivity contribution in [2.45, 2.75) is 58.1 Å². The van der Waals surface area contributed by atoms with Crippen LogP contribution in [0, 0.1) is 0 Å². The van der Waals surface area contributed by atoms with E-state index in [-0.39, 0.29) is 0 Å². The fourth-order valence-corrected chi connectivity index (χ4v) is 1.38. The second kappa shape index (κ2) is 7.92. The van der Waals surface area contributed by atoms with Crippen molar-refractivity contribution in [1.29, 1.82) is 0 Å². The monoisotopic (exact) mass is 260 g/mol. The number of nitrogens with one attached hydrogen (secondary N) is 1. The molecule has 0 aromatic carbocycles. The van der Waals surface area contributed by atoms with Crippen LogP contribution in [0.4, 0.5) is 4.79 Å². The van der Waals surface area contributed by atoms with Gasteiger partial charge in [0, 0.05) is 0 Å². The molecule has 0 fully saturated rings. The topological polar surface area (TPSA) is 102 Å². The summed E-state index contributed by atoms with van der Waals surface area (Å²) in [6.45, 7) is 5.77. The van der Waals surface area contributed by atoms with Crippen LogP contribution in [0.3, 0.4) is 0 Å². The molecule has 6 heteroatoms. The lowest BCUT2D eigenvalue weighted by Gasteiger charge is -2.22. The van der Waals surface area contributed by atoms with Crippen LogP contribution in [0.2, 0.25) is 0 Å². The van der Waals surface area contributed by atoms with Crippen molar-refractivity contribution in [2.75, 3.05) is 6.54 Å². The zero-order valence-corrected chi connectivity index (χ0v) is 11.4. The number of hydrogen-bond donors (Lipinski definition) is 3. The second-order valence-electron chi connectivity index (χ2n) is 5.18.